The highest BCUT2D eigenvalue weighted by Gasteiger charge is 2.60. The van der Waals surface area contributed by atoms with Crippen molar-refractivity contribution in [2.45, 2.75) is 371 Å². The Labute approximate surface area is 870 Å². The van der Waals surface area contributed by atoms with Gasteiger partial charge in [-0.05, 0) is 236 Å². The molecule has 25 rings (SSSR count). The predicted molar refractivity (Wildman–Crippen MR) is 558 cm³/mol. The van der Waals surface area contributed by atoms with Gasteiger partial charge < -0.3 is 24.2 Å². The van der Waals surface area contributed by atoms with E-state index < -0.39 is 24.4 Å². The standard InChI is InChI=1S/C17H24F3N3O.C16H21ClF3N3.2C16H24FN3O.C16H22N4.2C15H23N3O/c1-16(2,3)22-9-12-7-13(10-22)23(12)15(17(18,19)20)11-5-6-14(24-4)21-8-11;1-15(2,3)22-8-11-6-12(9-22)23(11)14(16(18,19)20)10-4-5-13(17)21-7-10;1-16(2,3)19-8-11-5-12(9-19)20(11)10-15-14(17)6-13(21-4)7-18-15;1-16(2,3)19-8-11-7-12(9-19)20(11)10-13-15(17)14(21-4)5-6-18-13;1-16(2,3)19-10-14-6-15(11-19)20(14)9-12-4-5-13(7-17)18-8-12;1-15(2,3)17-9-12-6-13(10-17)18(12)8-11-4-5-14(19)16-7-11;1-15(2,3)17-9-12-7-13(10-17)18(12)8-11-4-5-16-14(19)6-11/h5-6,8,12-13,15H,7,9-10H2,1-4H3;4-5,7,11-12,14H,6,8-9H2,1-3H3;6-7,11-12H,5,8-10H2,1-4H3;5-6,11-12H,7-10H2,1-4H3;4-5,8,14-15H,6,9-11H2,1-3H3;4-5,7,12-13H,6,8-10H2,1-3H3,(H,16,19);4-6,12-13H,7-10H2,1-3H3,(H,16,19). The molecule has 18 saturated heterocycles. The average Bonchev–Trinajstić information content (AvgIpc) is 0.730. The van der Waals surface area contributed by atoms with Gasteiger partial charge in [0.1, 0.15) is 40.6 Å². The molecule has 808 valence electrons. The SMILES string of the molecule is CC(C)(C)N1CC2CC(C1)N2C(c1ccc(Cl)nc1)C(F)(F)F.CC(C)(C)N1CC2CC(C1)N2Cc1cc[nH]c(=O)c1.CC(C)(C)N1CC2CC(C1)N2Cc1ccc(=O)[nH]c1.CC(C)(C)N1CC2CC(C1)N2Cc1ccc(C#N)nc1.COc1ccc(C(N2C3CC2CN(C(C)(C)C)C3)C(F)(F)F)cn1.COc1ccnc(CN2C3CC2CN(C(C)(C)C)C3)c1F.COc1cnc(CN2C3CC2CN(C(C)(C)C)C3)c(F)c1. The molecule has 2 N–H and O–H groups in total. The van der Waals surface area contributed by atoms with Crippen LogP contribution in [-0.4, -0.2) is 352 Å². The number of aromatic nitrogens is 7. The molecule has 0 aromatic carbocycles. The second kappa shape index (κ2) is 44.8. The van der Waals surface area contributed by atoms with E-state index in [0.717, 1.165) is 77.3 Å². The molecule has 7 aromatic rings. The molecule has 7 aromatic heterocycles. The van der Waals surface area contributed by atoms with Crippen molar-refractivity contribution in [1.82, 2.24) is 103 Å². The minimum atomic E-state index is -4.32. The Morgan fingerprint density at radius 2 is 0.741 bits per heavy atom. The van der Waals surface area contributed by atoms with Gasteiger partial charge in [-0.3, -0.25) is 88.2 Å². The molecule has 18 fully saturated rings. The van der Waals surface area contributed by atoms with Crippen LogP contribution in [0.25, 0.3) is 0 Å². The van der Waals surface area contributed by atoms with Crippen LogP contribution in [0.5, 0.6) is 17.4 Å². The molecular formula is C111H161ClF8N22O5. The third-order valence-corrected chi connectivity index (χ3v) is 33.3. The van der Waals surface area contributed by atoms with Crippen LogP contribution in [0.4, 0.5) is 35.1 Å². The predicted octanol–water partition coefficient (Wildman–Crippen LogP) is 16.6. The maximum atomic E-state index is 14.2. The summed E-state index contributed by atoms with van der Waals surface area (Å²) in [6.07, 6.45) is 10.6. The molecule has 0 aliphatic carbocycles. The van der Waals surface area contributed by atoms with Gasteiger partial charge in [-0.1, -0.05) is 35.9 Å². The lowest BCUT2D eigenvalue weighted by Gasteiger charge is -2.61. The summed E-state index contributed by atoms with van der Waals surface area (Å²) in [5, 5.41) is 8.98. The van der Waals surface area contributed by atoms with E-state index in [1.807, 2.05) is 36.7 Å². The summed E-state index contributed by atoms with van der Waals surface area (Å²) < 4.78 is 126. The van der Waals surface area contributed by atoms with Crippen molar-refractivity contribution in [3.05, 3.63) is 199 Å². The molecule has 18 aliphatic heterocycles. The first kappa shape index (κ1) is 113. The molecule has 147 heavy (non-hydrogen) atoms. The second-order valence-electron chi connectivity index (χ2n) is 49.9. The first-order valence-corrected chi connectivity index (χ1v) is 53.1. The number of methoxy groups -OCH3 is 3. The molecule has 16 atom stereocenters. The second-order valence-corrected chi connectivity index (χ2v) is 50.3. The number of nitrogens with one attached hydrogen (secondary N) is 2. The van der Waals surface area contributed by atoms with Crippen molar-refractivity contribution in [2.24, 2.45) is 0 Å². The number of H-pyrrole nitrogens is 2. The number of hydrogen-bond acceptors (Lipinski definition) is 25. The van der Waals surface area contributed by atoms with Crippen molar-refractivity contribution in [3.8, 4) is 23.4 Å². The number of fused-ring (bicyclic) bond motifs is 14. The lowest BCUT2D eigenvalue weighted by atomic mass is 9.82. The highest BCUT2D eigenvalue weighted by Crippen LogP contribution is 2.52. The minimum Gasteiger partial charge on any atom is -0.495 e. The molecule has 36 heteroatoms. The quantitative estimate of drug-likeness (QED) is 0.0638. The van der Waals surface area contributed by atoms with Crippen LogP contribution in [0.2, 0.25) is 5.15 Å². The van der Waals surface area contributed by atoms with Gasteiger partial charge in [0.05, 0.1) is 38.9 Å². The number of nitrogens with zero attached hydrogens (tertiary/aromatic N) is 20. The number of piperazine rings is 7. The topological polar surface area (TPSA) is 227 Å². The highest BCUT2D eigenvalue weighted by atomic mass is 35.5. The van der Waals surface area contributed by atoms with Crippen LogP contribution in [0.3, 0.4) is 0 Å². The Morgan fingerprint density at radius 1 is 0.374 bits per heavy atom. The van der Waals surface area contributed by atoms with Crippen LogP contribution in [0.1, 0.15) is 247 Å². The number of likely N-dealkylation sites (tertiary alicyclic amines) is 6. The molecule has 0 saturated carbocycles. The van der Waals surface area contributed by atoms with E-state index in [0.29, 0.717) is 128 Å². The number of ether oxygens (including phenoxy) is 3. The van der Waals surface area contributed by atoms with E-state index in [-0.39, 0.29) is 108 Å². The summed E-state index contributed by atoms with van der Waals surface area (Å²) in [4.78, 5) is 81.3. The number of piperidine rings is 7. The first-order valence-electron chi connectivity index (χ1n) is 52.7. The minimum absolute atomic E-state index is 0.000462. The van der Waals surface area contributed by atoms with Gasteiger partial charge >= 0.3 is 12.4 Å². The summed E-state index contributed by atoms with van der Waals surface area (Å²) >= 11 is 5.71. The summed E-state index contributed by atoms with van der Waals surface area (Å²) in [5.41, 5.74) is 6.61. The summed E-state index contributed by atoms with van der Waals surface area (Å²) in [6, 6.07) is 24.7. The fourth-order valence-electron chi connectivity index (χ4n) is 24.1. The Balaban J connectivity index is 0.000000129. The van der Waals surface area contributed by atoms with Crippen molar-refractivity contribution in [2.75, 3.05) is 113 Å². The molecule has 0 spiro atoms. The Hall–Kier alpha value is -8.29. The number of aromatic amines is 2. The zero-order valence-electron chi connectivity index (χ0n) is 91.0. The van der Waals surface area contributed by atoms with E-state index in [4.69, 9.17) is 31.1 Å². The van der Waals surface area contributed by atoms with Crippen LogP contribution in [-0.2, 0) is 32.7 Å². The normalized spacial score (nSPS) is 27.2. The number of alkyl halides is 6. The molecule has 14 bridgehead atoms. The van der Waals surface area contributed by atoms with Crippen molar-refractivity contribution < 1.29 is 49.3 Å². The van der Waals surface area contributed by atoms with E-state index in [1.54, 1.807) is 46.6 Å². The van der Waals surface area contributed by atoms with Crippen LogP contribution in [0.15, 0.2) is 126 Å². The smallest absolute Gasteiger partial charge is 0.408 e. The van der Waals surface area contributed by atoms with E-state index >= 15 is 0 Å². The van der Waals surface area contributed by atoms with Crippen molar-refractivity contribution in [3.63, 3.8) is 0 Å². The van der Waals surface area contributed by atoms with Crippen LogP contribution < -0.4 is 25.3 Å². The van der Waals surface area contributed by atoms with Gasteiger partial charge in [0.2, 0.25) is 17.0 Å². The number of hydrogen-bond donors (Lipinski definition) is 2. The van der Waals surface area contributed by atoms with Gasteiger partial charge in [0.25, 0.3) is 0 Å². The van der Waals surface area contributed by atoms with Crippen LogP contribution >= 0.6 is 11.6 Å². The molecule has 16 unspecified atom stereocenters. The van der Waals surface area contributed by atoms with Crippen molar-refractivity contribution >= 4 is 11.6 Å². The lowest BCUT2D eigenvalue weighted by Crippen LogP contribution is -2.72. The van der Waals surface area contributed by atoms with E-state index in [9.17, 15) is 44.7 Å². The third-order valence-electron chi connectivity index (χ3n) is 33.1. The molecule has 27 nitrogen and oxygen atoms in total. The fraction of sp³-hybridized carbons (Fsp3) is 0.676. The van der Waals surface area contributed by atoms with Crippen LogP contribution in [0, 0.1) is 23.0 Å². The lowest BCUT2D eigenvalue weighted by molar-refractivity contribution is -0.235. The number of pyridine rings is 7. The van der Waals surface area contributed by atoms with Gasteiger partial charge in [-0.25, -0.2) is 23.7 Å². The average molecular weight is 2070 g/mol. The first-order chi connectivity index (χ1) is 68.8. The summed E-state index contributed by atoms with van der Waals surface area (Å²) in [5.74, 6) is 0.480. The molecule has 0 amide bonds. The maximum absolute atomic E-state index is 14.2. The number of halogens is 9. The Kier molecular flexibility index (Phi) is 34.4. The molecule has 0 radical (unpaired) electrons. The monoisotopic (exact) mass is 2070 g/mol. The van der Waals surface area contributed by atoms with Gasteiger partial charge in [0.15, 0.2) is 11.6 Å². The summed E-state index contributed by atoms with van der Waals surface area (Å²) in [7, 11) is 4.46. The molecular weight excluding hydrogens is 1910 g/mol. The number of nitriles is 1. The van der Waals surface area contributed by atoms with E-state index in [2.05, 4.69) is 245 Å². The highest BCUT2D eigenvalue weighted by molar-refractivity contribution is 6.29. The Morgan fingerprint density at radius 3 is 1.06 bits per heavy atom. The third kappa shape index (κ3) is 27.0. The fourth-order valence-corrected chi connectivity index (χ4v) is 24.2. The maximum Gasteiger partial charge on any atom is 0.408 e. The largest absolute Gasteiger partial charge is 0.495 e. The van der Waals surface area contributed by atoms with Gasteiger partial charge in [-0.2, -0.15) is 31.6 Å². The summed E-state index contributed by atoms with van der Waals surface area (Å²) in [6.45, 7) is 64.8. The zero-order valence-corrected chi connectivity index (χ0v) is 91.7. The Bertz CT molecular complexity index is 5610. The van der Waals surface area contributed by atoms with Gasteiger partial charge in [-0.15, -0.1) is 0 Å². The van der Waals surface area contributed by atoms with E-state index in [1.165, 1.54) is 133 Å². The zero-order chi connectivity index (χ0) is 107. The molecule has 25 heterocycles. The van der Waals surface area contributed by atoms with Crippen molar-refractivity contribution in [1.29, 1.82) is 5.26 Å². The number of rotatable bonds is 17. The van der Waals surface area contributed by atoms with Gasteiger partial charge in [0, 0.05) is 315 Å². The molecule has 18 aliphatic rings.